The van der Waals surface area contributed by atoms with Crippen LogP contribution in [-0.2, 0) is 11.2 Å². The third-order valence-electron chi connectivity index (χ3n) is 3.27. The van der Waals surface area contributed by atoms with Crippen molar-refractivity contribution in [2.75, 3.05) is 17.3 Å². The summed E-state index contributed by atoms with van der Waals surface area (Å²) >= 11 is 5.89. The molecule has 1 aromatic rings. The third kappa shape index (κ3) is 2.32. The van der Waals surface area contributed by atoms with Gasteiger partial charge in [0.25, 0.3) is 0 Å². The monoisotopic (exact) mass is 251 g/mol. The first-order valence-corrected chi connectivity index (χ1v) is 6.55. The van der Waals surface area contributed by atoms with Gasteiger partial charge in [-0.2, -0.15) is 0 Å². The highest BCUT2D eigenvalue weighted by Gasteiger charge is 2.33. The van der Waals surface area contributed by atoms with Crippen LogP contribution in [0.2, 0.25) is 0 Å². The summed E-state index contributed by atoms with van der Waals surface area (Å²) in [5.74, 6) is 0.476. The van der Waals surface area contributed by atoms with Gasteiger partial charge in [0.1, 0.15) is 0 Å². The lowest BCUT2D eigenvalue weighted by atomic mass is 9.92. The minimum atomic E-state index is -0.494. The highest BCUT2D eigenvalue weighted by Crippen LogP contribution is 2.31. The van der Waals surface area contributed by atoms with Gasteiger partial charge in [0.2, 0.25) is 5.91 Å². The van der Waals surface area contributed by atoms with Crippen LogP contribution in [0, 0.1) is 5.41 Å². The second kappa shape index (κ2) is 4.69. The molecule has 0 atom stereocenters. The minimum Gasteiger partial charge on any atom is -0.312 e. The zero-order chi connectivity index (χ0) is 12.5. The maximum absolute atomic E-state index is 12.5. The van der Waals surface area contributed by atoms with Gasteiger partial charge >= 0.3 is 0 Å². The number of nitrogens with zero attached hydrogens (tertiary/aromatic N) is 1. The number of fused-ring (bicyclic) bond motifs is 1. The number of amides is 1. The second-order valence-corrected chi connectivity index (χ2v) is 5.47. The van der Waals surface area contributed by atoms with E-state index in [1.807, 2.05) is 36.9 Å². The van der Waals surface area contributed by atoms with E-state index < -0.39 is 5.41 Å². The SMILES string of the molecule is CC(C)(CCl)C(=O)N1CCCc2ccccc21. The largest absolute Gasteiger partial charge is 0.312 e. The average molecular weight is 252 g/mol. The number of hydrogen-bond acceptors (Lipinski definition) is 1. The van der Waals surface area contributed by atoms with Gasteiger partial charge in [-0.25, -0.2) is 0 Å². The van der Waals surface area contributed by atoms with E-state index >= 15 is 0 Å². The van der Waals surface area contributed by atoms with Crippen molar-refractivity contribution in [2.24, 2.45) is 5.41 Å². The molecule has 3 heteroatoms. The molecule has 0 bridgehead atoms. The molecule has 0 spiro atoms. The molecular formula is C14H18ClNO. The van der Waals surface area contributed by atoms with Crippen molar-refractivity contribution in [2.45, 2.75) is 26.7 Å². The predicted octanol–water partition coefficient (Wildman–Crippen LogP) is 3.23. The topological polar surface area (TPSA) is 20.3 Å². The molecule has 0 saturated carbocycles. The molecule has 1 aliphatic rings. The molecule has 17 heavy (non-hydrogen) atoms. The van der Waals surface area contributed by atoms with Gasteiger partial charge in [-0.3, -0.25) is 4.79 Å². The van der Waals surface area contributed by atoms with Crippen LogP contribution >= 0.6 is 11.6 Å². The van der Waals surface area contributed by atoms with Crippen molar-refractivity contribution in [3.05, 3.63) is 29.8 Å². The Kier molecular flexibility index (Phi) is 3.43. The number of benzene rings is 1. The zero-order valence-electron chi connectivity index (χ0n) is 10.4. The molecule has 2 nitrogen and oxygen atoms in total. The third-order valence-corrected chi connectivity index (χ3v) is 3.94. The van der Waals surface area contributed by atoms with E-state index in [0.717, 1.165) is 25.1 Å². The molecule has 2 rings (SSSR count). The Morgan fingerprint density at radius 3 is 2.82 bits per heavy atom. The zero-order valence-corrected chi connectivity index (χ0v) is 11.1. The molecule has 1 aliphatic heterocycles. The summed E-state index contributed by atoms with van der Waals surface area (Å²) in [4.78, 5) is 14.3. The maximum atomic E-state index is 12.5. The first kappa shape index (κ1) is 12.4. The number of aryl methyl sites for hydroxylation is 1. The number of carbonyl (C=O) groups excluding carboxylic acids is 1. The van der Waals surface area contributed by atoms with Gasteiger partial charge in [0, 0.05) is 18.1 Å². The fraction of sp³-hybridized carbons (Fsp3) is 0.500. The smallest absolute Gasteiger partial charge is 0.233 e. The summed E-state index contributed by atoms with van der Waals surface area (Å²) < 4.78 is 0. The van der Waals surface area contributed by atoms with Crippen LogP contribution in [-0.4, -0.2) is 18.3 Å². The summed E-state index contributed by atoms with van der Waals surface area (Å²) in [5, 5.41) is 0. The lowest BCUT2D eigenvalue weighted by Crippen LogP contribution is -2.44. The van der Waals surface area contributed by atoms with Crippen LogP contribution in [0.3, 0.4) is 0 Å². The van der Waals surface area contributed by atoms with Crippen molar-refractivity contribution in [3.63, 3.8) is 0 Å². The normalized spacial score (nSPS) is 15.6. The van der Waals surface area contributed by atoms with E-state index in [1.165, 1.54) is 5.56 Å². The van der Waals surface area contributed by atoms with Crippen molar-refractivity contribution in [3.8, 4) is 0 Å². The predicted molar refractivity (Wildman–Crippen MR) is 71.6 cm³/mol. The molecule has 1 heterocycles. The van der Waals surface area contributed by atoms with Crippen LogP contribution < -0.4 is 4.90 Å². The van der Waals surface area contributed by atoms with Crippen LogP contribution in [0.1, 0.15) is 25.8 Å². The van der Waals surface area contributed by atoms with Crippen LogP contribution in [0.5, 0.6) is 0 Å². The Labute approximate surface area is 108 Å². The fourth-order valence-electron chi connectivity index (χ4n) is 2.17. The van der Waals surface area contributed by atoms with Gasteiger partial charge in [-0.1, -0.05) is 18.2 Å². The van der Waals surface area contributed by atoms with Crippen LogP contribution in [0.4, 0.5) is 5.69 Å². The minimum absolute atomic E-state index is 0.125. The van der Waals surface area contributed by atoms with E-state index in [0.29, 0.717) is 5.88 Å². The Hall–Kier alpha value is -1.02. The number of alkyl halides is 1. The number of anilines is 1. The Morgan fingerprint density at radius 1 is 1.41 bits per heavy atom. The Bertz CT molecular complexity index is 428. The number of para-hydroxylation sites is 1. The van der Waals surface area contributed by atoms with Gasteiger partial charge in [-0.15, -0.1) is 11.6 Å². The highest BCUT2D eigenvalue weighted by molar-refractivity contribution is 6.20. The summed E-state index contributed by atoms with van der Waals surface area (Å²) in [6.07, 6.45) is 2.09. The molecule has 0 aromatic heterocycles. The van der Waals surface area contributed by atoms with Gasteiger partial charge in [0.15, 0.2) is 0 Å². The summed E-state index contributed by atoms with van der Waals surface area (Å²) in [7, 11) is 0. The summed E-state index contributed by atoms with van der Waals surface area (Å²) in [6.45, 7) is 4.61. The van der Waals surface area contributed by atoms with Gasteiger partial charge in [0.05, 0.1) is 5.41 Å². The molecule has 0 radical (unpaired) electrons. The maximum Gasteiger partial charge on any atom is 0.233 e. The van der Waals surface area contributed by atoms with Gasteiger partial charge in [-0.05, 0) is 38.3 Å². The molecule has 0 fully saturated rings. The quantitative estimate of drug-likeness (QED) is 0.739. The van der Waals surface area contributed by atoms with E-state index in [-0.39, 0.29) is 5.91 Å². The summed E-state index contributed by atoms with van der Waals surface area (Å²) in [6, 6.07) is 8.14. The number of halogens is 1. The highest BCUT2D eigenvalue weighted by atomic mass is 35.5. The molecule has 0 N–H and O–H groups in total. The van der Waals surface area contributed by atoms with Crippen LogP contribution in [0.15, 0.2) is 24.3 Å². The Morgan fingerprint density at radius 2 is 2.12 bits per heavy atom. The van der Waals surface area contributed by atoms with E-state index in [2.05, 4.69) is 6.07 Å². The number of hydrogen-bond donors (Lipinski definition) is 0. The first-order chi connectivity index (χ1) is 8.06. The molecule has 1 aromatic carbocycles. The Balaban J connectivity index is 2.33. The standard InChI is InChI=1S/C14H18ClNO/c1-14(2,10-15)13(17)16-9-5-7-11-6-3-4-8-12(11)16/h3-4,6,8H,5,7,9-10H2,1-2H3. The number of rotatable bonds is 2. The van der Waals surface area contributed by atoms with E-state index in [4.69, 9.17) is 11.6 Å². The van der Waals surface area contributed by atoms with Crippen molar-refractivity contribution in [1.82, 2.24) is 0 Å². The fourth-order valence-corrected chi connectivity index (χ4v) is 2.28. The average Bonchev–Trinajstić information content (AvgIpc) is 2.37. The van der Waals surface area contributed by atoms with Crippen molar-refractivity contribution >= 4 is 23.2 Å². The van der Waals surface area contributed by atoms with Crippen molar-refractivity contribution in [1.29, 1.82) is 0 Å². The molecular weight excluding hydrogens is 234 g/mol. The molecule has 92 valence electrons. The second-order valence-electron chi connectivity index (χ2n) is 5.21. The van der Waals surface area contributed by atoms with E-state index in [9.17, 15) is 4.79 Å². The number of carbonyl (C=O) groups is 1. The molecule has 0 saturated heterocycles. The first-order valence-electron chi connectivity index (χ1n) is 6.02. The molecule has 0 unspecified atom stereocenters. The lowest BCUT2D eigenvalue weighted by molar-refractivity contribution is -0.125. The van der Waals surface area contributed by atoms with Gasteiger partial charge < -0.3 is 4.90 Å². The molecule has 0 aliphatic carbocycles. The van der Waals surface area contributed by atoms with E-state index in [1.54, 1.807) is 0 Å². The summed E-state index contributed by atoms with van der Waals surface area (Å²) in [5.41, 5.74) is 1.82. The molecule has 1 amide bonds. The lowest BCUT2D eigenvalue weighted by Gasteiger charge is -2.34. The van der Waals surface area contributed by atoms with Crippen molar-refractivity contribution < 1.29 is 4.79 Å². The van der Waals surface area contributed by atoms with Crippen LogP contribution in [0.25, 0.3) is 0 Å².